The van der Waals surface area contributed by atoms with Crippen molar-refractivity contribution in [1.29, 1.82) is 0 Å². The van der Waals surface area contributed by atoms with Gasteiger partial charge in [-0.05, 0) is 78.9 Å². The first kappa shape index (κ1) is 25.1. The van der Waals surface area contributed by atoms with Gasteiger partial charge in [-0.25, -0.2) is 0 Å². The minimum absolute atomic E-state index is 0.199. The normalized spacial score (nSPS) is 14.9. The second kappa shape index (κ2) is 8.41. The minimum Gasteiger partial charge on any atom is -0.488 e. The molecule has 0 aliphatic heterocycles. The van der Waals surface area contributed by atoms with E-state index in [-0.39, 0.29) is 21.8 Å². The van der Waals surface area contributed by atoms with Gasteiger partial charge in [0, 0.05) is 0 Å². The van der Waals surface area contributed by atoms with Crippen molar-refractivity contribution in [3.63, 3.8) is 0 Å². The van der Waals surface area contributed by atoms with Crippen LogP contribution in [-0.2, 0) is 12.8 Å². The molecule has 0 amide bonds. The van der Waals surface area contributed by atoms with Crippen LogP contribution in [0.25, 0.3) is 0 Å². The fourth-order valence-electron chi connectivity index (χ4n) is 4.19. The summed E-state index contributed by atoms with van der Waals surface area (Å²) in [4.78, 5) is 0. The summed E-state index contributed by atoms with van der Waals surface area (Å²) in [6, 6.07) is 4.88. The minimum atomic E-state index is -0.205. The SMILES string of the molecule is CCC(c1cc(CC(C)(C)C)cc(CC(C)(C)C)c1OC(C)(C)C)C(C)(C)C. The fraction of sp³-hybridized carbons (Fsp3) is 0.778. The molecule has 0 spiro atoms. The number of ether oxygens (including phenoxy) is 1. The molecule has 0 aliphatic carbocycles. The standard InChI is InChI=1S/C27H48O/c1-14-22(26(8,9)10)21-16-19(17-24(2,3)4)15-20(18-25(5,6)7)23(21)28-27(11,12)13/h15-16,22H,14,17-18H2,1-13H3. The van der Waals surface area contributed by atoms with Crippen molar-refractivity contribution < 1.29 is 4.74 Å². The Morgan fingerprint density at radius 3 is 1.61 bits per heavy atom. The molecule has 1 aromatic rings. The van der Waals surface area contributed by atoms with Crippen molar-refractivity contribution in [1.82, 2.24) is 0 Å². The summed E-state index contributed by atoms with van der Waals surface area (Å²) in [7, 11) is 0. The Bertz CT molecular complexity index is 639. The van der Waals surface area contributed by atoms with Crippen molar-refractivity contribution in [3.8, 4) is 5.75 Å². The highest BCUT2D eigenvalue weighted by atomic mass is 16.5. The van der Waals surface area contributed by atoms with E-state index in [9.17, 15) is 0 Å². The van der Waals surface area contributed by atoms with Gasteiger partial charge in [-0.1, -0.05) is 81.4 Å². The summed E-state index contributed by atoms with van der Waals surface area (Å²) >= 11 is 0. The van der Waals surface area contributed by atoms with Crippen LogP contribution in [0.15, 0.2) is 12.1 Å². The molecule has 0 radical (unpaired) electrons. The Morgan fingerprint density at radius 2 is 1.25 bits per heavy atom. The molecule has 0 bridgehead atoms. The zero-order valence-electron chi connectivity index (χ0n) is 21.3. The smallest absolute Gasteiger partial charge is 0.126 e. The molecule has 0 fully saturated rings. The molecule has 28 heavy (non-hydrogen) atoms. The van der Waals surface area contributed by atoms with Crippen LogP contribution in [0, 0.1) is 16.2 Å². The average molecular weight is 389 g/mol. The molecular weight excluding hydrogens is 340 g/mol. The third kappa shape index (κ3) is 8.18. The van der Waals surface area contributed by atoms with Crippen molar-refractivity contribution in [3.05, 3.63) is 28.8 Å². The molecule has 0 saturated carbocycles. The molecule has 1 aromatic carbocycles. The maximum Gasteiger partial charge on any atom is 0.126 e. The van der Waals surface area contributed by atoms with E-state index in [1.54, 1.807) is 0 Å². The molecule has 1 atom stereocenters. The maximum atomic E-state index is 6.67. The van der Waals surface area contributed by atoms with Crippen LogP contribution in [-0.4, -0.2) is 5.60 Å². The summed E-state index contributed by atoms with van der Waals surface area (Å²) in [5.41, 5.74) is 4.72. The van der Waals surface area contributed by atoms with Gasteiger partial charge in [-0.15, -0.1) is 0 Å². The molecule has 0 saturated heterocycles. The van der Waals surface area contributed by atoms with E-state index < -0.39 is 0 Å². The molecule has 0 aliphatic rings. The predicted molar refractivity (Wildman–Crippen MR) is 126 cm³/mol. The number of rotatable bonds is 5. The van der Waals surface area contributed by atoms with E-state index in [1.165, 1.54) is 16.7 Å². The Hall–Kier alpha value is -0.980. The lowest BCUT2D eigenvalue weighted by molar-refractivity contribution is 0.124. The van der Waals surface area contributed by atoms with Crippen molar-refractivity contribution >= 4 is 0 Å². The van der Waals surface area contributed by atoms with E-state index in [2.05, 4.69) is 102 Å². The Labute approximate surface area is 176 Å². The van der Waals surface area contributed by atoms with Crippen LogP contribution in [0.4, 0.5) is 0 Å². The first-order valence-corrected chi connectivity index (χ1v) is 11.2. The van der Waals surface area contributed by atoms with E-state index in [0.717, 1.165) is 25.0 Å². The molecule has 1 rings (SSSR count). The van der Waals surface area contributed by atoms with Crippen LogP contribution in [0.1, 0.15) is 119 Å². The molecule has 0 N–H and O–H groups in total. The van der Waals surface area contributed by atoms with Gasteiger partial charge in [-0.2, -0.15) is 0 Å². The zero-order chi connectivity index (χ0) is 22.1. The van der Waals surface area contributed by atoms with Gasteiger partial charge in [0.15, 0.2) is 0 Å². The summed E-state index contributed by atoms with van der Waals surface area (Å²) in [5, 5.41) is 0. The van der Waals surface area contributed by atoms with Crippen LogP contribution in [0.5, 0.6) is 5.75 Å². The number of benzene rings is 1. The number of hydrogen-bond donors (Lipinski definition) is 0. The van der Waals surface area contributed by atoms with Crippen LogP contribution < -0.4 is 4.74 Å². The van der Waals surface area contributed by atoms with Crippen molar-refractivity contribution in [2.24, 2.45) is 16.2 Å². The topological polar surface area (TPSA) is 9.23 Å². The molecule has 0 aromatic heterocycles. The summed E-state index contributed by atoms with van der Waals surface area (Å²) in [5.74, 6) is 1.62. The maximum absolute atomic E-state index is 6.67. The van der Waals surface area contributed by atoms with Gasteiger partial charge >= 0.3 is 0 Å². The monoisotopic (exact) mass is 388 g/mol. The first-order valence-electron chi connectivity index (χ1n) is 11.2. The predicted octanol–water partition coefficient (Wildman–Crippen LogP) is 8.58. The van der Waals surface area contributed by atoms with Gasteiger partial charge in [-0.3, -0.25) is 0 Å². The largest absolute Gasteiger partial charge is 0.488 e. The van der Waals surface area contributed by atoms with Gasteiger partial charge in [0.2, 0.25) is 0 Å². The van der Waals surface area contributed by atoms with E-state index in [1.807, 2.05) is 0 Å². The van der Waals surface area contributed by atoms with E-state index >= 15 is 0 Å². The Morgan fingerprint density at radius 1 is 0.750 bits per heavy atom. The molecule has 1 nitrogen and oxygen atoms in total. The highest BCUT2D eigenvalue weighted by molar-refractivity contribution is 5.48. The van der Waals surface area contributed by atoms with E-state index in [4.69, 9.17) is 4.74 Å². The lowest BCUT2D eigenvalue weighted by Gasteiger charge is -2.36. The summed E-state index contributed by atoms with van der Waals surface area (Å²) in [6.45, 7) is 29.9. The molecule has 1 unspecified atom stereocenters. The molecule has 0 heterocycles. The second-order valence-corrected chi connectivity index (χ2v) is 13.2. The highest BCUT2D eigenvalue weighted by Crippen LogP contribution is 2.46. The molecule has 162 valence electrons. The second-order valence-electron chi connectivity index (χ2n) is 13.2. The molecule has 1 heteroatoms. The molecular formula is C27H48O. The first-order chi connectivity index (χ1) is 12.3. The third-order valence-corrected chi connectivity index (χ3v) is 4.95. The summed E-state index contributed by atoms with van der Waals surface area (Å²) in [6.07, 6.45) is 3.25. The third-order valence-electron chi connectivity index (χ3n) is 4.95. The van der Waals surface area contributed by atoms with Gasteiger partial charge in [0.1, 0.15) is 11.4 Å². The van der Waals surface area contributed by atoms with Gasteiger partial charge in [0.25, 0.3) is 0 Å². The fourth-order valence-corrected chi connectivity index (χ4v) is 4.19. The van der Waals surface area contributed by atoms with Crippen LogP contribution >= 0.6 is 0 Å². The highest BCUT2D eigenvalue weighted by Gasteiger charge is 2.31. The van der Waals surface area contributed by atoms with Crippen LogP contribution in [0.3, 0.4) is 0 Å². The zero-order valence-corrected chi connectivity index (χ0v) is 21.3. The average Bonchev–Trinajstić information content (AvgIpc) is 2.36. The van der Waals surface area contributed by atoms with Gasteiger partial charge in [0.05, 0.1) is 0 Å². The lowest BCUT2D eigenvalue weighted by Crippen LogP contribution is -2.27. The van der Waals surface area contributed by atoms with E-state index in [0.29, 0.717) is 5.92 Å². The van der Waals surface area contributed by atoms with Crippen LogP contribution in [0.2, 0.25) is 0 Å². The van der Waals surface area contributed by atoms with Crippen molar-refractivity contribution in [2.75, 3.05) is 0 Å². The Kier molecular flexibility index (Phi) is 7.52. The summed E-state index contributed by atoms with van der Waals surface area (Å²) < 4.78 is 6.67. The Balaban J connectivity index is 3.78. The number of hydrogen-bond acceptors (Lipinski definition) is 1. The van der Waals surface area contributed by atoms with Gasteiger partial charge < -0.3 is 4.74 Å². The van der Waals surface area contributed by atoms with Crippen molar-refractivity contribution in [2.45, 2.75) is 121 Å². The lowest BCUT2D eigenvalue weighted by atomic mass is 9.72. The quantitative estimate of drug-likeness (QED) is 0.490.